The first-order valence-corrected chi connectivity index (χ1v) is 6.76. The maximum atomic E-state index is 12.1. The molecule has 21 heavy (non-hydrogen) atoms. The van der Waals surface area contributed by atoms with Crippen LogP contribution in [0.25, 0.3) is 0 Å². The number of hydrogen-bond acceptors (Lipinski definition) is 3. The second kappa shape index (κ2) is 8.04. The number of benzene rings is 1. The van der Waals surface area contributed by atoms with E-state index in [9.17, 15) is 14.4 Å². The van der Waals surface area contributed by atoms with E-state index in [0.29, 0.717) is 6.54 Å². The molecule has 0 unspecified atom stereocenters. The Labute approximate surface area is 123 Å². The standard InChI is InChI=1S/C15H20N2O4/c1-11(2)17(10-12-6-4-3-5-7-12)15(21)16-13(18)8-9-14(19)20/h3-7,11H,8-10H2,1-2H3,(H,19,20)(H,16,18,21). The van der Waals surface area contributed by atoms with E-state index in [0.717, 1.165) is 5.56 Å². The fraction of sp³-hybridized carbons (Fsp3) is 0.400. The highest BCUT2D eigenvalue weighted by molar-refractivity contribution is 5.95. The Balaban J connectivity index is 2.61. The molecule has 1 aromatic rings. The number of nitrogens with one attached hydrogen (secondary N) is 1. The number of nitrogens with zero attached hydrogens (tertiary/aromatic N) is 1. The third-order valence-corrected chi connectivity index (χ3v) is 2.89. The first kappa shape index (κ1) is 16.7. The topological polar surface area (TPSA) is 86.7 Å². The quantitative estimate of drug-likeness (QED) is 0.839. The molecule has 1 aromatic carbocycles. The molecule has 0 aliphatic carbocycles. The number of urea groups is 1. The number of hydrogen-bond donors (Lipinski definition) is 2. The highest BCUT2D eigenvalue weighted by Crippen LogP contribution is 2.08. The Morgan fingerprint density at radius 1 is 1.14 bits per heavy atom. The minimum absolute atomic E-state index is 0.0857. The molecule has 0 spiro atoms. The van der Waals surface area contributed by atoms with Gasteiger partial charge in [0.1, 0.15) is 0 Å². The van der Waals surface area contributed by atoms with Crippen LogP contribution >= 0.6 is 0 Å². The molecule has 2 N–H and O–H groups in total. The first-order chi connectivity index (χ1) is 9.90. The average molecular weight is 292 g/mol. The monoisotopic (exact) mass is 292 g/mol. The zero-order chi connectivity index (χ0) is 15.8. The van der Waals surface area contributed by atoms with Gasteiger partial charge in [0.25, 0.3) is 0 Å². The summed E-state index contributed by atoms with van der Waals surface area (Å²) in [5, 5.41) is 10.7. The van der Waals surface area contributed by atoms with E-state index >= 15 is 0 Å². The lowest BCUT2D eigenvalue weighted by Gasteiger charge is -2.26. The molecule has 3 amide bonds. The summed E-state index contributed by atoms with van der Waals surface area (Å²) < 4.78 is 0. The summed E-state index contributed by atoms with van der Waals surface area (Å²) in [6, 6.07) is 8.84. The van der Waals surface area contributed by atoms with E-state index in [-0.39, 0.29) is 18.9 Å². The summed E-state index contributed by atoms with van der Waals surface area (Å²) in [7, 11) is 0. The third-order valence-electron chi connectivity index (χ3n) is 2.89. The van der Waals surface area contributed by atoms with Crippen LogP contribution in [0.1, 0.15) is 32.3 Å². The van der Waals surface area contributed by atoms with Crippen molar-refractivity contribution in [2.24, 2.45) is 0 Å². The number of carboxylic acid groups (broad SMARTS) is 1. The predicted octanol–water partition coefficient (Wildman–Crippen LogP) is 2.00. The highest BCUT2D eigenvalue weighted by Gasteiger charge is 2.19. The minimum atomic E-state index is -1.07. The summed E-state index contributed by atoms with van der Waals surface area (Å²) in [4.78, 5) is 35.5. The van der Waals surface area contributed by atoms with Gasteiger partial charge >= 0.3 is 12.0 Å². The van der Waals surface area contributed by atoms with Crippen LogP contribution in [0.15, 0.2) is 30.3 Å². The molecular weight excluding hydrogens is 272 g/mol. The Morgan fingerprint density at radius 2 is 1.76 bits per heavy atom. The molecule has 0 aromatic heterocycles. The molecule has 0 atom stereocenters. The van der Waals surface area contributed by atoms with Gasteiger partial charge in [-0.3, -0.25) is 14.9 Å². The van der Waals surface area contributed by atoms with Crippen LogP contribution in [0.5, 0.6) is 0 Å². The number of aliphatic carboxylic acids is 1. The fourth-order valence-electron chi connectivity index (χ4n) is 1.74. The second-order valence-electron chi connectivity index (χ2n) is 4.95. The largest absolute Gasteiger partial charge is 0.481 e. The Bertz CT molecular complexity index is 500. The van der Waals surface area contributed by atoms with Crippen molar-refractivity contribution < 1.29 is 19.5 Å². The lowest BCUT2D eigenvalue weighted by molar-refractivity contribution is -0.138. The van der Waals surface area contributed by atoms with Crippen molar-refractivity contribution >= 4 is 17.9 Å². The molecule has 0 saturated heterocycles. The van der Waals surface area contributed by atoms with Crippen molar-refractivity contribution in [1.82, 2.24) is 10.2 Å². The molecule has 1 rings (SSSR count). The van der Waals surface area contributed by atoms with E-state index in [1.54, 1.807) is 0 Å². The van der Waals surface area contributed by atoms with E-state index in [1.165, 1.54) is 4.90 Å². The van der Waals surface area contributed by atoms with Crippen LogP contribution in [0.2, 0.25) is 0 Å². The summed E-state index contributed by atoms with van der Waals surface area (Å²) in [6.07, 6.45) is -0.502. The second-order valence-corrected chi connectivity index (χ2v) is 4.95. The molecule has 0 saturated carbocycles. The third kappa shape index (κ3) is 6.07. The molecule has 114 valence electrons. The lowest BCUT2D eigenvalue weighted by Crippen LogP contribution is -2.45. The van der Waals surface area contributed by atoms with E-state index in [1.807, 2.05) is 44.2 Å². The van der Waals surface area contributed by atoms with Crippen LogP contribution in [0.3, 0.4) is 0 Å². The van der Waals surface area contributed by atoms with Crippen molar-refractivity contribution in [2.75, 3.05) is 0 Å². The number of carbonyl (C=O) groups excluding carboxylic acids is 2. The highest BCUT2D eigenvalue weighted by atomic mass is 16.4. The maximum Gasteiger partial charge on any atom is 0.324 e. The van der Waals surface area contributed by atoms with Gasteiger partial charge in [-0.1, -0.05) is 30.3 Å². The van der Waals surface area contributed by atoms with Gasteiger partial charge in [-0.05, 0) is 19.4 Å². The number of carboxylic acids is 1. The van der Waals surface area contributed by atoms with Crippen LogP contribution in [0, 0.1) is 0 Å². The molecule has 0 aliphatic heterocycles. The summed E-state index contributed by atoms with van der Waals surface area (Å²) in [6.45, 7) is 4.09. The van der Waals surface area contributed by atoms with Gasteiger partial charge in [-0.2, -0.15) is 0 Å². The predicted molar refractivity (Wildman–Crippen MR) is 77.5 cm³/mol. The minimum Gasteiger partial charge on any atom is -0.481 e. The van der Waals surface area contributed by atoms with E-state index in [4.69, 9.17) is 5.11 Å². The van der Waals surface area contributed by atoms with E-state index < -0.39 is 17.9 Å². The normalized spacial score (nSPS) is 10.2. The van der Waals surface area contributed by atoms with Crippen molar-refractivity contribution in [3.8, 4) is 0 Å². The number of carbonyl (C=O) groups is 3. The summed E-state index contributed by atoms with van der Waals surface area (Å²) >= 11 is 0. The van der Waals surface area contributed by atoms with Gasteiger partial charge in [0.2, 0.25) is 5.91 Å². The lowest BCUT2D eigenvalue weighted by atomic mass is 10.2. The van der Waals surface area contributed by atoms with Crippen molar-refractivity contribution in [3.05, 3.63) is 35.9 Å². The smallest absolute Gasteiger partial charge is 0.324 e. The molecule has 0 radical (unpaired) electrons. The van der Waals surface area contributed by atoms with Gasteiger partial charge in [-0.15, -0.1) is 0 Å². The average Bonchev–Trinajstić information content (AvgIpc) is 2.43. The Morgan fingerprint density at radius 3 is 2.29 bits per heavy atom. The fourth-order valence-corrected chi connectivity index (χ4v) is 1.74. The summed E-state index contributed by atoms with van der Waals surface area (Å²) in [5.74, 6) is -1.65. The number of amides is 3. The molecule has 0 aliphatic rings. The zero-order valence-electron chi connectivity index (χ0n) is 12.2. The zero-order valence-corrected chi connectivity index (χ0v) is 12.2. The van der Waals surface area contributed by atoms with Crippen molar-refractivity contribution in [2.45, 2.75) is 39.3 Å². The van der Waals surface area contributed by atoms with Crippen LogP contribution < -0.4 is 5.32 Å². The summed E-state index contributed by atoms with van der Waals surface area (Å²) in [5.41, 5.74) is 0.958. The SMILES string of the molecule is CC(C)N(Cc1ccccc1)C(=O)NC(=O)CCC(=O)O. The van der Waals surface area contributed by atoms with Crippen LogP contribution in [0.4, 0.5) is 4.79 Å². The van der Waals surface area contributed by atoms with Crippen LogP contribution in [-0.2, 0) is 16.1 Å². The maximum absolute atomic E-state index is 12.1. The van der Waals surface area contributed by atoms with Crippen molar-refractivity contribution in [3.63, 3.8) is 0 Å². The van der Waals surface area contributed by atoms with Crippen LogP contribution in [-0.4, -0.2) is 34.0 Å². The molecule has 6 nitrogen and oxygen atoms in total. The number of rotatable bonds is 6. The molecule has 6 heteroatoms. The molecule has 0 fully saturated rings. The Hall–Kier alpha value is -2.37. The molecule has 0 bridgehead atoms. The van der Waals surface area contributed by atoms with Gasteiger partial charge in [0.05, 0.1) is 6.42 Å². The molecular formula is C15H20N2O4. The van der Waals surface area contributed by atoms with Gasteiger partial charge in [-0.25, -0.2) is 4.79 Å². The number of imide groups is 1. The molecule has 0 heterocycles. The first-order valence-electron chi connectivity index (χ1n) is 6.76. The van der Waals surface area contributed by atoms with Crippen molar-refractivity contribution in [1.29, 1.82) is 0 Å². The van der Waals surface area contributed by atoms with E-state index in [2.05, 4.69) is 5.32 Å². The van der Waals surface area contributed by atoms with Gasteiger partial charge < -0.3 is 10.0 Å². The van der Waals surface area contributed by atoms with Gasteiger partial charge in [0.15, 0.2) is 0 Å². The Kier molecular flexibility index (Phi) is 6.39. The van der Waals surface area contributed by atoms with Gasteiger partial charge in [0, 0.05) is 19.0 Å².